The van der Waals surface area contributed by atoms with Gasteiger partial charge in [0.15, 0.2) is 18.0 Å². The summed E-state index contributed by atoms with van der Waals surface area (Å²) in [6, 6.07) is 5.54. The third-order valence-corrected chi connectivity index (χ3v) is 2.59. The molecule has 1 rings (SSSR count). The number of amides is 1. The lowest BCUT2D eigenvalue weighted by Crippen LogP contribution is -2.43. The number of carbonyl (C=O) groups excluding carboxylic acids is 1. The Kier molecular flexibility index (Phi) is 6.85. The molecule has 0 spiro atoms. The van der Waals surface area contributed by atoms with E-state index in [1.807, 2.05) is 53.2 Å². The van der Waals surface area contributed by atoms with Crippen molar-refractivity contribution in [2.45, 2.75) is 13.8 Å². The van der Waals surface area contributed by atoms with Crippen molar-refractivity contribution < 1.29 is 18.8 Å². The lowest BCUT2D eigenvalue weighted by Gasteiger charge is -2.21. The van der Waals surface area contributed by atoms with Gasteiger partial charge in [0.25, 0.3) is 5.91 Å². The smallest absolute Gasteiger partial charge is 0.295 e. The fraction of sp³-hybridized carbons (Fsp3) is 0.500. The third kappa shape index (κ3) is 6.58. The standard InChI is InChI=1S/C16H25N3O3/c1-6-21-14-9-8-13(10-15(14)22-7-2)11-17-18-16(20)12-19(3,4)5/h8-11H,6-7,12H2,1-5H3/p+1/b17-11+. The second-order valence-electron chi connectivity index (χ2n) is 5.81. The molecule has 6 nitrogen and oxygen atoms in total. The van der Waals surface area contributed by atoms with Crippen LogP contribution in [0.1, 0.15) is 19.4 Å². The van der Waals surface area contributed by atoms with E-state index in [2.05, 4.69) is 10.5 Å². The van der Waals surface area contributed by atoms with Crippen LogP contribution in [0, 0.1) is 0 Å². The van der Waals surface area contributed by atoms with Crippen molar-refractivity contribution in [1.82, 2.24) is 5.43 Å². The molecule has 0 unspecified atom stereocenters. The molecule has 0 heterocycles. The summed E-state index contributed by atoms with van der Waals surface area (Å²) in [7, 11) is 5.85. The first-order valence-electron chi connectivity index (χ1n) is 7.37. The molecule has 1 aromatic carbocycles. The number of nitrogens with one attached hydrogen (secondary N) is 1. The molecule has 0 aliphatic carbocycles. The van der Waals surface area contributed by atoms with Crippen molar-refractivity contribution >= 4 is 12.1 Å². The van der Waals surface area contributed by atoms with Gasteiger partial charge in [0.2, 0.25) is 0 Å². The number of rotatable bonds is 8. The monoisotopic (exact) mass is 308 g/mol. The van der Waals surface area contributed by atoms with Crippen molar-refractivity contribution in [1.29, 1.82) is 0 Å². The Labute approximate surface area is 132 Å². The maximum absolute atomic E-state index is 11.7. The van der Waals surface area contributed by atoms with Gasteiger partial charge in [0.05, 0.1) is 40.6 Å². The molecular weight excluding hydrogens is 282 g/mol. The van der Waals surface area contributed by atoms with E-state index in [9.17, 15) is 4.79 Å². The first-order chi connectivity index (χ1) is 10.4. The van der Waals surface area contributed by atoms with E-state index in [1.54, 1.807) is 6.21 Å². The topological polar surface area (TPSA) is 59.9 Å². The Morgan fingerprint density at radius 3 is 2.41 bits per heavy atom. The van der Waals surface area contributed by atoms with Gasteiger partial charge in [-0.25, -0.2) is 5.43 Å². The minimum Gasteiger partial charge on any atom is -0.490 e. The van der Waals surface area contributed by atoms with Crippen molar-refractivity contribution in [3.63, 3.8) is 0 Å². The first kappa shape index (κ1) is 18.0. The van der Waals surface area contributed by atoms with Crippen LogP contribution in [0.3, 0.4) is 0 Å². The Morgan fingerprint density at radius 1 is 1.18 bits per heavy atom. The predicted molar refractivity (Wildman–Crippen MR) is 87.4 cm³/mol. The van der Waals surface area contributed by atoms with E-state index in [1.165, 1.54) is 0 Å². The highest BCUT2D eigenvalue weighted by molar-refractivity contribution is 5.83. The zero-order chi connectivity index (χ0) is 16.6. The highest BCUT2D eigenvalue weighted by atomic mass is 16.5. The predicted octanol–water partition coefficient (Wildman–Crippen LogP) is 1.64. The van der Waals surface area contributed by atoms with Gasteiger partial charge in [-0.05, 0) is 37.6 Å². The molecular formula is C16H26N3O3+. The van der Waals surface area contributed by atoms with Crippen LogP contribution in [0.2, 0.25) is 0 Å². The first-order valence-corrected chi connectivity index (χ1v) is 7.37. The molecule has 6 heteroatoms. The largest absolute Gasteiger partial charge is 0.490 e. The van der Waals surface area contributed by atoms with Gasteiger partial charge in [-0.3, -0.25) is 4.79 Å². The highest BCUT2D eigenvalue weighted by Gasteiger charge is 2.13. The lowest BCUT2D eigenvalue weighted by atomic mass is 10.2. The van der Waals surface area contributed by atoms with Gasteiger partial charge >= 0.3 is 0 Å². The molecule has 0 fully saturated rings. The summed E-state index contributed by atoms with van der Waals surface area (Å²) < 4.78 is 11.6. The molecule has 0 bridgehead atoms. The van der Waals surface area contributed by atoms with Crippen LogP contribution < -0.4 is 14.9 Å². The van der Waals surface area contributed by atoms with E-state index >= 15 is 0 Å². The van der Waals surface area contributed by atoms with Gasteiger partial charge < -0.3 is 14.0 Å². The van der Waals surface area contributed by atoms with Gasteiger partial charge in [-0.15, -0.1) is 0 Å². The van der Waals surface area contributed by atoms with E-state index in [-0.39, 0.29) is 5.91 Å². The fourth-order valence-electron chi connectivity index (χ4n) is 1.79. The number of ether oxygens (including phenoxy) is 2. The maximum atomic E-state index is 11.7. The zero-order valence-corrected chi connectivity index (χ0v) is 14.0. The maximum Gasteiger partial charge on any atom is 0.295 e. The molecule has 22 heavy (non-hydrogen) atoms. The highest BCUT2D eigenvalue weighted by Crippen LogP contribution is 2.27. The van der Waals surface area contributed by atoms with Gasteiger partial charge in [-0.2, -0.15) is 5.10 Å². The van der Waals surface area contributed by atoms with Crippen molar-refractivity contribution in [3.05, 3.63) is 23.8 Å². The van der Waals surface area contributed by atoms with Crippen LogP contribution in [0.25, 0.3) is 0 Å². The molecule has 0 radical (unpaired) electrons. The van der Waals surface area contributed by atoms with E-state index in [4.69, 9.17) is 9.47 Å². The van der Waals surface area contributed by atoms with Crippen LogP contribution in [0.5, 0.6) is 11.5 Å². The lowest BCUT2D eigenvalue weighted by molar-refractivity contribution is -0.862. The third-order valence-electron chi connectivity index (χ3n) is 2.59. The average Bonchev–Trinajstić information content (AvgIpc) is 2.40. The summed E-state index contributed by atoms with van der Waals surface area (Å²) in [4.78, 5) is 11.7. The number of hydrogen-bond donors (Lipinski definition) is 1. The molecule has 1 amide bonds. The Morgan fingerprint density at radius 2 is 1.82 bits per heavy atom. The molecule has 0 aromatic heterocycles. The van der Waals surface area contributed by atoms with Crippen LogP contribution >= 0.6 is 0 Å². The molecule has 0 saturated carbocycles. The van der Waals surface area contributed by atoms with Crippen molar-refractivity contribution in [2.24, 2.45) is 5.10 Å². The minimum absolute atomic E-state index is 0.125. The number of carbonyl (C=O) groups is 1. The van der Waals surface area contributed by atoms with Gasteiger partial charge in [-0.1, -0.05) is 0 Å². The Balaban J connectivity index is 2.70. The van der Waals surface area contributed by atoms with Crippen molar-refractivity contribution in [2.75, 3.05) is 40.9 Å². The molecule has 0 atom stereocenters. The van der Waals surface area contributed by atoms with Crippen molar-refractivity contribution in [3.8, 4) is 11.5 Å². The molecule has 1 aromatic rings. The van der Waals surface area contributed by atoms with Crippen LogP contribution in [0.15, 0.2) is 23.3 Å². The number of hydrogen-bond acceptors (Lipinski definition) is 4. The number of likely N-dealkylation sites (N-methyl/N-ethyl adjacent to an activating group) is 1. The van der Waals surface area contributed by atoms with Crippen LogP contribution in [0.4, 0.5) is 0 Å². The SMILES string of the molecule is CCOc1ccc(/C=N/NC(=O)C[N+](C)(C)C)cc1OCC. The zero-order valence-electron chi connectivity index (χ0n) is 14.0. The van der Waals surface area contributed by atoms with Gasteiger partial charge in [0.1, 0.15) is 0 Å². The summed E-state index contributed by atoms with van der Waals surface area (Å²) in [6.07, 6.45) is 1.59. The number of nitrogens with zero attached hydrogens (tertiary/aromatic N) is 2. The quantitative estimate of drug-likeness (QED) is 0.451. The van der Waals surface area contributed by atoms with Gasteiger partial charge in [0, 0.05) is 0 Å². The molecule has 1 N–H and O–H groups in total. The summed E-state index contributed by atoms with van der Waals surface area (Å²) in [5, 5.41) is 3.97. The Bertz CT molecular complexity index is 522. The van der Waals surface area contributed by atoms with Crippen LogP contribution in [-0.4, -0.2) is 57.5 Å². The van der Waals surface area contributed by atoms with E-state index in [0.717, 1.165) is 5.56 Å². The van der Waals surface area contributed by atoms with E-state index < -0.39 is 0 Å². The minimum atomic E-state index is -0.125. The average molecular weight is 308 g/mol. The molecule has 0 aliphatic rings. The second kappa shape index (κ2) is 8.38. The fourth-order valence-corrected chi connectivity index (χ4v) is 1.79. The normalized spacial score (nSPS) is 11.5. The summed E-state index contributed by atoms with van der Waals surface area (Å²) >= 11 is 0. The second-order valence-corrected chi connectivity index (χ2v) is 5.81. The summed E-state index contributed by atoms with van der Waals surface area (Å²) in [6.45, 7) is 5.34. The summed E-state index contributed by atoms with van der Waals surface area (Å²) in [5.74, 6) is 1.25. The number of quaternary nitrogens is 1. The number of benzene rings is 1. The summed E-state index contributed by atoms with van der Waals surface area (Å²) in [5.41, 5.74) is 3.35. The molecule has 0 aliphatic heterocycles. The Hall–Kier alpha value is -2.08. The van der Waals surface area contributed by atoms with E-state index in [0.29, 0.717) is 35.7 Å². The van der Waals surface area contributed by atoms with Crippen LogP contribution in [-0.2, 0) is 4.79 Å². The number of hydrazone groups is 1. The molecule has 0 saturated heterocycles. The molecule has 122 valence electrons.